The van der Waals surface area contributed by atoms with Crippen molar-refractivity contribution in [3.8, 4) is 0 Å². The molecule has 2 fully saturated rings. The molecule has 12 heteroatoms. The second-order valence-electron chi connectivity index (χ2n) is 9.89. The summed E-state index contributed by atoms with van der Waals surface area (Å²) in [7, 11) is 0. The van der Waals surface area contributed by atoms with E-state index in [0.29, 0.717) is 18.8 Å². The number of para-hydroxylation sites is 1. The van der Waals surface area contributed by atoms with E-state index in [0.717, 1.165) is 31.6 Å². The molecule has 2 heterocycles. The number of amides is 2. The highest BCUT2D eigenvalue weighted by atomic mass is 19.4. The van der Waals surface area contributed by atoms with Gasteiger partial charge in [-0.1, -0.05) is 32.0 Å². The van der Waals surface area contributed by atoms with E-state index in [1.165, 1.54) is 24.3 Å². The van der Waals surface area contributed by atoms with E-state index in [2.05, 4.69) is 34.3 Å². The number of carbonyl (C=O) groups is 3. The summed E-state index contributed by atoms with van der Waals surface area (Å²) in [4.78, 5) is 38.9. The lowest BCUT2D eigenvalue weighted by Crippen LogP contribution is -2.58. The van der Waals surface area contributed by atoms with Gasteiger partial charge in [0.1, 0.15) is 11.4 Å². The minimum atomic E-state index is -5.08. The summed E-state index contributed by atoms with van der Waals surface area (Å²) in [5.41, 5.74) is 1.00. The number of anilines is 1. The van der Waals surface area contributed by atoms with Crippen molar-refractivity contribution in [3.05, 3.63) is 66.0 Å². The molecule has 1 atom stereocenters. The summed E-state index contributed by atoms with van der Waals surface area (Å²) >= 11 is 0. The zero-order valence-electron chi connectivity index (χ0n) is 21.7. The van der Waals surface area contributed by atoms with Crippen LogP contribution in [0.4, 0.5) is 23.2 Å². The number of carboxylic acid groups (broad SMARTS) is 1. The van der Waals surface area contributed by atoms with Crippen molar-refractivity contribution >= 4 is 23.5 Å². The number of rotatable bonds is 6. The number of alkyl halides is 3. The molecule has 0 bridgehead atoms. The van der Waals surface area contributed by atoms with Gasteiger partial charge in [0.05, 0.1) is 6.67 Å². The molecule has 0 unspecified atom stereocenters. The summed E-state index contributed by atoms with van der Waals surface area (Å²) in [5.74, 6) is -2.96. The summed E-state index contributed by atoms with van der Waals surface area (Å²) in [6, 6.07) is 15.6. The Morgan fingerprint density at radius 2 is 1.62 bits per heavy atom. The van der Waals surface area contributed by atoms with E-state index in [4.69, 9.17) is 9.90 Å². The largest absolute Gasteiger partial charge is 0.490 e. The van der Waals surface area contributed by atoms with E-state index in [-0.39, 0.29) is 29.6 Å². The average molecular weight is 553 g/mol. The van der Waals surface area contributed by atoms with E-state index in [1.54, 1.807) is 0 Å². The Morgan fingerprint density at radius 3 is 2.13 bits per heavy atom. The molecule has 2 amide bonds. The van der Waals surface area contributed by atoms with Crippen LogP contribution >= 0.6 is 0 Å². The predicted molar refractivity (Wildman–Crippen MR) is 137 cm³/mol. The third-order valence-corrected chi connectivity index (χ3v) is 7.01. The lowest BCUT2D eigenvalue weighted by Gasteiger charge is -2.44. The Morgan fingerprint density at radius 1 is 1.05 bits per heavy atom. The SMILES string of the molecule is CC(C)[C@@H](CN1CCC2(CC1)C(=O)NCN2c1ccccc1)NC(=O)c1ccc(F)cc1.O=C(O)C(F)(F)F. The van der Waals surface area contributed by atoms with Gasteiger partial charge in [-0.3, -0.25) is 9.59 Å². The van der Waals surface area contributed by atoms with Crippen LogP contribution in [0.25, 0.3) is 0 Å². The van der Waals surface area contributed by atoms with Crippen molar-refractivity contribution in [1.82, 2.24) is 15.5 Å². The van der Waals surface area contributed by atoms with Crippen molar-refractivity contribution in [3.63, 3.8) is 0 Å². The maximum atomic E-state index is 13.2. The molecule has 2 aliphatic heterocycles. The lowest BCUT2D eigenvalue weighted by atomic mass is 9.85. The van der Waals surface area contributed by atoms with Crippen LogP contribution in [-0.2, 0) is 9.59 Å². The minimum Gasteiger partial charge on any atom is -0.475 e. The fourth-order valence-electron chi connectivity index (χ4n) is 4.69. The molecule has 2 aromatic carbocycles. The quantitative estimate of drug-likeness (QED) is 0.473. The number of nitrogens with zero attached hydrogens (tertiary/aromatic N) is 2. The van der Waals surface area contributed by atoms with Crippen LogP contribution in [0.5, 0.6) is 0 Å². The number of hydrogen-bond donors (Lipinski definition) is 3. The third kappa shape index (κ3) is 7.47. The summed E-state index contributed by atoms with van der Waals surface area (Å²) in [5, 5.41) is 13.3. The molecule has 4 rings (SSSR count). The number of aliphatic carboxylic acids is 1. The van der Waals surface area contributed by atoms with Gasteiger partial charge in [0.15, 0.2) is 0 Å². The van der Waals surface area contributed by atoms with Gasteiger partial charge < -0.3 is 25.5 Å². The summed E-state index contributed by atoms with van der Waals surface area (Å²) < 4.78 is 44.9. The second kappa shape index (κ2) is 12.5. The molecule has 39 heavy (non-hydrogen) atoms. The number of nitrogens with one attached hydrogen (secondary N) is 2. The average Bonchev–Trinajstić information content (AvgIpc) is 3.20. The van der Waals surface area contributed by atoms with E-state index >= 15 is 0 Å². The Balaban J connectivity index is 0.000000532. The molecule has 0 radical (unpaired) electrons. The lowest BCUT2D eigenvalue weighted by molar-refractivity contribution is -0.192. The van der Waals surface area contributed by atoms with E-state index < -0.39 is 17.7 Å². The van der Waals surface area contributed by atoms with Gasteiger partial charge in [0, 0.05) is 36.9 Å². The Hall–Kier alpha value is -3.67. The highest BCUT2D eigenvalue weighted by Crippen LogP contribution is 2.36. The van der Waals surface area contributed by atoms with Crippen molar-refractivity contribution in [2.45, 2.75) is 44.4 Å². The monoisotopic (exact) mass is 552 g/mol. The first-order chi connectivity index (χ1) is 18.3. The topological polar surface area (TPSA) is 102 Å². The van der Waals surface area contributed by atoms with Crippen LogP contribution in [0.3, 0.4) is 0 Å². The summed E-state index contributed by atoms with van der Waals surface area (Å²) in [6.07, 6.45) is -3.60. The van der Waals surface area contributed by atoms with Gasteiger partial charge in [-0.2, -0.15) is 13.2 Å². The van der Waals surface area contributed by atoms with E-state index in [9.17, 15) is 27.2 Å². The molecule has 2 aliphatic rings. The molecule has 3 N–H and O–H groups in total. The Bertz CT molecular complexity index is 1130. The van der Waals surface area contributed by atoms with Crippen molar-refractivity contribution in [2.75, 3.05) is 31.2 Å². The molecule has 0 saturated carbocycles. The standard InChI is InChI=1S/C25H31FN4O2.C2HF3O2/c1-18(2)22(28-23(31)19-8-10-20(26)11-9-19)16-29-14-12-25(13-15-29)24(32)27-17-30(25)21-6-4-3-5-7-21;3-2(4,5)1(6)7/h3-11,18,22H,12-17H2,1-2H3,(H,27,32)(H,28,31);(H,6,7)/t22-;/m1./s1. The molecule has 0 aliphatic carbocycles. The van der Waals surface area contributed by atoms with Gasteiger partial charge in [0.2, 0.25) is 5.91 Å². The molecule has 2 aromatic rings. The molecule has 0 aromatic heterocycles. The van der Waals surface area contributed by atoms with Crippen LogP contribution in [0.2, 0.25) is 0 Å². The highest BCUT2D eigenvalue weighted by Gasteiger charge is 2.50. The van der Waals surface area contributed by atoms with Gasteiger partial charge in [-0.05, 0) is 55.2 Å². The number of halogens is 4. The third-order valence-electron chi connectivity index (χ3n) is 7.01. The maximum absolute atomic E-state index is 13.2. The predicted octanol–water partition coefficient (Wildman–Crippen LogP) is 3.64. The minimum absolute atomic E-state index is 0.0377. The zero-order valence-corrected chi connectivity index (χ0v) is 21.7. The fourth-order valence-corrected chi connectivity index (χ4v) is 4.69. The number of carbonyl (C=O) groups excluding carboxylic acids is 2. The van der Waals surface area contributed by atoms with Crippen LogP contribution in [0.15, 0.2) is 54.6 Å². The number of hydrogen-bond acceptors (Lipinski definition) is 5. The first-order valence-electron chi connectivity index (χ1n) is 12.5. The van der Waals surface area contributed by atoms with Crippen LogP contribution < -0.4 is 15.5 Å². The normalized spacial score (nSPS) is 17.8. The Kier molecular flexibility index (Phi) is 9.54. The Labute approximate surface area is 224 Å². The molecular formula is C27H32F4N4O4. The second-order valence-corrected chi connectivity index (χ2v) is 9.89. The molecular weight excluding hydrogens is 520 g/mol. The first kappa shape index (κ1) is 29.9. The van der Waals surface area contributed by atoms with Crippen molar-refractivity contribution < 1.29 is 37.1 Å². The van der Waals surface area contributed by atoms with Crippen molar-refractivity contribution in [2.24, 2.45) is 5.92 Å². The number of likely N-dealkylation sites (tertiary alicyclic amines) is 1. The first-order valence-corrected chi connectivity index (χ1v) is 12.5. The maximum Gasteiger partial charge on any atom is 0.490 e. The molecule has 212 valence electrons. The smallest absolute Gasteiger partial charge is 0.475 e. The fraction of sp³-hybridized carbons (Fsp3) is 0.444. The van der Waals surface area contributed by atoms with Crippen LogP contribution in [0.1, 0.15) is 37.0 Å². The van der Waals surface area contributed by atoms with Gasteiger partial charge >= 0.3 is 12.1 Å². The van der Waals surface area contributed by atoms with Crippen LogP contribution in [0, 0.1) is 11.7 Å². The van der Waals surface area contributed by atoms with Gasteiger partial charge in [-0.15, -0.1) is 0 Å². The molecule has 2 saturated heterocycles. The van der Waals surface area contributed by atoms with Crippen LogP contribution in [-0.4, -0.2) is 71.9 Å². The number of carboxylic acids is 1. The number of benzene rings is 2. The van der Waals surface area contributed by atoms with Crippen molar-refractivity contribution in [1.29, 1.82) is 0 Å². The van der Waals surface area contributed by atoms with Gasteiger partial charge in [0.25, 0.3) is 5.91 Å². The van der Waals surface area contributed by atoms with E-state index in [1.807, 2.05) is 30.3 Å². The molecule has 1 spiro atoms. The van der Waals surface area contributed by atoms with Gasteiger partial charge in [-0.25, -0.2) is 9.18 Å². The highest BCUT2D eigenvalue weighted by molar-refractivity contribution is 5.94. The summed E-state index contributed by atoms with van der Waals surface area (Å²) in [6.45, 7) is 6.99. The zero-order chi connectivity index (χ0) is 28.8. The number of piperidine rings is 1. The molecule has 8 nitrogen and oxygen atoms in total.